The summed E-state index contributed by atoms with van der Waals surface area (Å²) in [5.74, 6) is -0.727. The lowest BCUT2D eigenvalue weighted by atomic mass is 10.1. The van der Waals surface area contributed by atoms with E-state index in [1.165, 1.54) is 7.11 Å². The van der Waals surface area contributed by atoms with Crippen LogP contribution in [0.15, 0.2) is 40.9 Å². The Kier molecular flexibility index (Phi) is 7.93. The maximum absolute atomic E-state index is 11.6. The molecule has 0 amide bonds. The number of aliphatic hydroxyl groups excluding tert-OH is 1. The third kappa shape index (κ3) is 4.58. The topological polar surface area (TPSA) is 58.9 Å². The molecule has 1 aromatic rings. The van der Waals surface area contributed by atoms with Crippen LogP contribution in [0.2, 0.25) is 0 Å². The molecule has 0 aromatic heterocycles. The van der Waals surface area contributed by atoms with Gasteiger partial charge < -0.3 is 9.84 Å². The number of hydrogen-bond acceptors (Lipinski definition) is 4. The molecule has 4 nitrogen and oxygen atoms in total. The summed E-state index contributed by atoms with van der Waals surface area (Å²) in [5.41, 5.74) is 1.07. The Morgan fingerprint density at radius 2 is 1.74 bits per heavy atom. The third-order valence-corrected chi connectivity index (χ3v) is 2.37. The van der Waals surface area contributed by atoms with E-state index in [1.54, 1.807) is 38.2 Å². The van der Waals surface area contributed by atoms with Crippen molar-refractivity contribution in [3.05, 3.63) is 41.5 Å². The van der Waals surface area contributed by atoms with Gasteiger partial charge >= 0.3 is 5.97 Å². The van der Waals surface area contributed by atoms with Gasteiger partial charge in [0.05, 0.1) is 7.11 Å². The van der Waals surface area contributed by atoms with E-state index in [-0.39, 0.29) is 11.3 Å². The average Bonchev–Trinajstić information content (AvgIpc) is 2.49. The van der Waals surface area contributed by atoms with Crippen LogP contribution in [0.1, 0.15) is 26.3 Å². The first-order chi connectivity index (χ1) is 9.11. The lowest BCUT2D eigenvalue weighted by Crippen LogP contribution is -2.14. The van der Waals surface area contributed by atoms with Crippen LogP contribution in [0.4, 0.5) is 0 Å². The number of aliphatic imine (C=N–C) groups is 1. The van der Waals surface area contributed by atoms with Gasteiger partial charge in [-0.05, 0) is 6.92 Å². The van der Waals surface area contributed by atoms with Gasteiger partial charge in [0.25, 0.3) is 0 Å². The van der Waals surface area contributed by atoms with Gasteiger partial charge in [-0.25, -0.2) is 4.79 Å². The van der Waals surface area contributed by atoms with Gasteiger partial charge in [-0.1, -0.05) is 44.2 Å². The molecule has 0 aliphatic heterocycles. The zero-order valence-corrected chi connectivity index (χ0v) is 12.1. The lowest BCUT2D eigenvalue weighted by molar-refractivity contribution is -0.135. The largest absolute Gasteiger partial charge is 0.506 e. The average molecular weight is 263 g/mol. The second-order valence-corrected chi connectivity index (χ2v) is 3.39. The van der Waals surface area contributed by atoms with Crippen molar-refractivity contribution >= 4 is 17.4 Å². The summed E-state index contributed by atoms with van der Waals surface area (Å²) < 4.78 is 4.64. The van der Waals surface area contributed by atoms with E-state index in [4.69, 9.17) is 0 Å². The fraction of sp³-hybridized carbons (Fsp3) is 0.333. The number of hydrogen-bond donors (Lipinski definition) is 1. The summed E-state index contributed by atoms with van der Waals surface area (Å²) in [5, 5.41) is 10.1. The molecule has 1 aromatic carbocycles. The molecular formula is C15H21NO3. The Balaban J connectivity index is 0.00000154. The second kappa shape index (κ2) is 8.91. The van der Waals surface area contributed by atoms with E-state index in [2.05, 4.69) is 9.73 Å². The Morgan fingerprint density at radius 1 is 1.21 bits per heavy atom. The molecule has 0 heterocycles. The Morgan fingerprint density at radius 3 is 2.16 bits per heavy atom. The van der Waals surface area contributed by atoms with Crippen molar-refractivity contribution in [1.29, 1.82) is 0 Å². The maximum Gasteiger partial charge on any atom is 0.343 e. The van der Waals surface area contributed by atoms with Gasteiger partial charge in [0, 0.05) is 18.3 Å². The highest BCUT2D eigenvalue weighted by Gasteiger charge is 2.19. The molecule has 0 aliphatic carbocycles. The van der Waals surface area contributed by atoms with E-state index >= 15 is 0 Å². The normalized spacial score (nSPS) is 11.9. The van der Waals surface area contributed by atoms with Crippen molar-refractivity contribution in [3.8, 4) is 0 Å². The molecule has 0 atom stereocenters. The molecule has 0 aliphatic rings. The number of esters is 1. The Labute approximate surface area is 114 Å². The minimum Gasteiger partial charge on any atom is -0.506 e. The summed E-state index contributed by atoms with van der Waals surface area (Å²) in [4.78, 5) is 15.5. The predicted octanol–water partition coefficient (Wildman–Crippen LogP) is 3.25. The standard InChI is InChI=1S/C13H15NO3.C2H6/c1-9(14-2)11(13(16)17-3)12(15)10-7-5-4-6-8-10;1-2/h4-8,15H,1-3H3;1-2H3. The zero-order chi connectivity index (χ0) is 14.8. The molecule has 1 rings (SSSR count). The van der Waals surface area contributed by atoms with Gasteiger partial charge in [0.1, 0.15) is 11.3 Å². The van der Waals surface area contributed by atoms with Crippen molar-refractivity contribution < 1.29 is 14.6 Å². The van der Waals surface area contributed by atoms with Gasteiger partial charge in [-0.3, -0.25) is 4.99 Å². The summed E-state index contributed by atoms with van der Waals surface area (Å²) in [6.07, 6.45) is 0. The number of carbonyl (C=O) groups is 1. The number of rotatable bonds is 3. The molecule has 0 unspecified atom stereocenters. The first-order valence-electron chi connectivity index (χ1n) is 6.12. The van der Waals surface area contributed by atoms with E-state index in [9.17, 15) is 9.90 Å². The van der Waals surface area contributed by atoms with Gasteiger partial charge in [0.2, 0.25) is 0 Å². The predicted molar refractivity (Wildman–Crippen MR) is 78.4 cm³/mol. The summed E-state index contributed by atoms with van der Waals surface area (Å²) in [6.45, 7) is 5.64. The monoisotopic (exact) mass is 263 g/mol. The molecule has 0 saturated carbocycles. The molecule has 104 valence electrons. The Bertz CT molecular complexity index is 462. The number of aliphatic hydroxyl groups is 1. The van der Waals surface area contributed by atoms with Crippen LogP contribution in [-0.4, -0.2) is 30.9 Å². The minimum absolute atomic E-state index is 0.0844. The first-order valence-corrected chi connectivity index (χ1v) is 6.12. The van der Waals surface area contributed by atoms with E-state index in [1.807, 2.05) is 19.9 Å². The molecule has 0 radical (unpaired) electrons. The highest BCUT2D eigenvalue weighted by atomic mass is 16.5. The summed E-state index contributed by atoms with van der Waals surface area (Å²) in [7, 11) is 2.82. The first kappa shape index (κ1) is 16.9. The molecule has 0 bridgehead atoms. The van der Waals surface area contributed by atoms with E-state index in [0.717, 1.165) is 0 Å². The van der Waals surface area contributed by atoms with Crippen LogP contribution in [-0.2, 0) is 9.53 Å². The molecule has 4 heteroatoms. The highest BCUT2D eigenvalue weighted by molar-refractivity contribution is 6.23. The van der Waals surface area contributed by atoms with Gasteiger partial charge in [0.15, 0.2) is 0 Å². The SMILES string of the molecule is CC.CN=C(C)C(C(=O)OC)=C(O)c1ccccc1. The second-order valence-electron chi connectivity index (χ2n) is 3.39. The highest BCUT2D eigenvalue weighted by Crippen LogP contribution is 2.18. The number of nitrogens with zero attached hydrogens (tertiary/aromatic N) is 1. The molecule has 1 N–H and O–H groups in total. The van der Waals surface area contributed by atoms with Crippen molar-refractivity contribution in [2.75, 3.05) is 14.2 Å². The maximum atomic E-state index is 11.6. The third-order valence-electron chi connectivity index (χ3n) is 2.37. The van der Waals surface area contributed by atoms with Crippen LogP contribution >= 0.6 is 0 Å². The van der Waals surface area contributed by atoms with Crippen molar-refractivity contribution in [3.63, 3.8) is 0 Å². The van der Waals surface area contributed by atoms with Crippen molar-refractivity contribution in [2.24, 2.45) is 4.99 Å². The lowest BCUT2D eigenvalue weighted by Gasteiger charge is -2.08. The Hall–Kier alpha value is -2.10. The van der Waals surface area contributed by atoms with Crippen LogP contribution in [0.5, 0.6) is 0 Å². The zero-order valence-electron chi connectivity index (χ0n) is 12.1. The number of carbonyl (C=O) groups excluding carboxylic acids is 1. The van der Waals surface area contributed by atoms with Gasteiger partial charge in [-0.15, -0.1) is 0 Å². The van der Waals surface area contributed by atoms with Crippen LogP contribution in [0, 0.1) is 0 Å². The molecule has 0 spiro atoms. The molecule has 0 saturated heterocycles. The number of ether oxygens (including phenoxy) is 1. The van der Waals surface area contributed by atoms with E-state index in [0.29, 0.717) is 11.3 Å². The molecule has 19 heavy (non-hydrogen) atoms. The number of methoxy groups -OCH3 is 1. The smallest absolute Gasteiger partial charge is 0.343 e. The van der Waals surface area contributed by atoms with E-state index < -0.39 is 5.97 Å². The van der Waals surface area contributed by atoms with Gasteiger partial charge in [-0.2, -0.15) is 0 Å². The van der Waals surface area contributed by atoms with Crippen LogP contribution in [0.25, 0.3) is 5.76 Å². The van der Waals surface area contributed by atoms with Crippen LogP contribution < -0.4 is 0 Å². The molecular weight excluding hydrogens is 242 g/mol. The van der Waals surface area contributed by atoms with Crippen LogP contribution in [0.3, 0.4) is 0 Å². The number of benzene rings is 1. The fourth-order valence-corrected chi connectivity index (χ4v) is 1.37. The summed E-state index contributed by atoms with van der Waals surface area (Å²) in [6, 6.07) is 8.80. The fourth-order valence-electron chi connectivity index (χ4n) is 1.37. The molecule has 0 fully saturated rings. The summed E-state index contributed by atoms with van der Waals surface area (Å²) >= 11 is 0. The minimum atomic E-state index is -0.602. The van der Waals surface area contributed by atoms with Crippen molar-refractivity contribution in [2.45, 2.75) is 20.8 Å². The quantitative estimate of drug-likeness (QED) is 0.394. The van der Waals surface area contributed by atoms with Crippen molar-refractivity contribution in [1.82, 2.24) is 0 Å².